The van der Waals surface area contributed by atoms with E-state index >= 15 is 0 Å². The molecule has 0 bridgehead atoms. The van der Waals surface area contributed by atoms with Crippen molar-refractivity contribution in [3.63, 3.8) is 0 Å². The fraction of sp³-hybridized carbons (Fsp3) is 0.400. The number of hydrogen-bond donors (Lipinski definition) is 1. The van der Waals surface area contributed by atoms with Crippen molar-refractivity contribution in [3.8, 4) is 0 Å². The average Bonchev–Trinajstić information content (AvgIpc) is 3.01. The largest absolute Gasteiger partial charge is 0.399 e. The first-order chi connectivity index (χ1) is 9.74. The predicted octanol–water partition coefficient (Wildman–Crippen LogP) is 2.61. The van der Waals surface area contributed by atoms with Crippen LogP contribution in [-0.2, 0) is 0 Å². The molecular formula is C15H20N4S. The number of hydrogen-bond acceptors (Lipinski definition) is 5. The number of aromatic nitrogens is 1. The van der Waals surface area contributed by atoms with Crippen molar-refractivity contribution in [2.45, 2.75) is 13.0 Å². The molecule has 1 fully saturated rings. The van der Waals surface area contributed by atoms with Gasteiger partial charge in [-0.05, 0) is 24.6 Å². The average molecular weight is 288 g/mol. The molecule has 1 aliphatic heterocycles. The lowest BCUT2D eigenvalue weighted by Crippen LogP contribution is -2.47. The van der Waals surface area contributed by atoms with Gasteiger partial charge in [-0.2, -0.15) is 0 Å². The molecule has 5 heteroatoms. The summed E-state index contributed by atoms with van der Waals surface area (Å²) in [6.07, 6.45) is 1.88. The van der Waals surface area contributed by atoms with Gasteiger partial charge in [-0.25, -0.2) is 4.98 Å². The lowest BCUT2D eigenvalue weighted by molar-refractivity contribution is 0.198. The standard InChI is InChI=1S/C15H20N4S/c1-12(13-3-2-4-14(16)11-13)18-6-8-19(9-7-18)15-17-5-10-20-15/h2-5,10-12H,6-9,16H2,1H3. The van der Waals surface area contributed by atoms with Gasteiger partial charge >= 0.3 is 0 Å². The van der Waals surface area contributed by atoms with Crippen molar-refractivity contribution in [2.75, 3.05) is 36.8 Å². The van der Waals surface area contributed by atoms with Crippen LogP contribution in [0.4, 0.5) is 10.8 Å². The van der Waals surface area contributed by atoms with Crippen molar-refractivity contribution < 1.29 is 0 Å². The second-order valence-electron chi connectivity index (χ2n) is 5.18. The Labute approximate surface area is 123 Å². The van der Waals surface area contributed by atoms with E-state index < -0.39 is 0 Å². The van der Waals surface area contributed by atoms with E-state index in [0.29, 0.717) is 6.04 Å². The third-order valence-electron chi connectivity index (χ3n) is 3.94. The molecule has 1 atom stereocenters. The Morgan fingerprint density at radius 3 is 2.70 bits per heavy atom. The highest BCUT2D eigenvalue weighted by molar-refractivity contribution is 7.13. The molecule has 106 valence electrons. The summed E-state index contributed by atoms with van der Waals surface area (Å²) in [5.41, 5.74) is 8.02. The van der Waals surface area contributed by atoms with Gasteiger partial charge in [0.25, 0.3) is 0 Å². The number of rotatable bonds is 3. The van der Waals surface area contributed by atoms with E-state index in [1.807, 2.05) is 23.7 Å². The number of benzene rings is 1. The number of nitrogen functional groups attached to an aromatic ring is 1. The van der Waals surface area contributed by atoms with Crippen molar-refractivity contribution in [1.29, 1.82) is 0 Å². The minimum absolute atomic E-state index is 0.414. The molecule has 0 saturated carbocycles. The summed E-state index contributed by atoms with van der Waals surface area (Å²) in [5.74, 6) is 0. The van der Waals surface area contributed by atoms with Gasteiger partial charge < -0.3 is 10.6 Å². The number of anilines is 2. The minimum atomic E-state index is 0.414. The van der Waals surface area contributed by atoms with Crippen LogP contribution >= 0.6 is 11.3 Å². The maximum atomic E-state index is 5.88. The Balaban J connectivity index is 1.63. The Bertz CT molecular complexity index is 547. The lowest BCUT2D eigenvalue weighted by atomic mass is 10.1. The summed E-state index contributed by atoms with van der Waals surface area (Å²) >= 11 is 1.72. The normalized spacial score (nSPS) is 18.1. The highest BCUT2D eigenvalue weighted by atomic mass is 32.1. The Morgan fingerprint density at radius 1 is 1.25 bits per heavy atom. The zero-order valence-electron chi connectivity index (χ0n) is 11.7. The van der Waals surface area contributed by atoms with E-state index in [4.69, 9.17) is 5.73 Å². The zero-order chi connectivity index (χ0) is 13.9. The fourth-order valence-electron chi connectivity index (χ4n) is 2.70. The van der Waals surface area contributed by atoms with Crippen molar-refractivity contribution in [1.82, 2.24) is 9.88 Å². The van der Waals surface area contributed by atoms with Crippen LogP contribution in [0.1, 0.15) is 18.5 Å². The second-order valence-corrected chi connectivity index (χ2v) is 6.06. The molecule has 1 unspecified atom stereocenters. The highest BCUT2D eigenvalue weighted by Gasteiger charge is 2.23. The summed E-state index contributed by atoms with van der Waals surface area (Å²) in [4.78, 5) is 9.27. The van der Waals surface area contributed by atoms with Crippen LogP contribution in [0.5, 0.6) is 0 Å². The predicted molar refractivity (Wildman–Crippen MR) is 85.2 cm³/mol. The topological polar surface area (TPSA) is 45.4 Å². The van der Waals surface area contributed by atoms with Crippen molar-refractivity contribution in [3.05, 3.63) is 41.4 Å². The quantitative estimate of drug-likeness (QED) is 0.882. The summed E-state index contributed by atoms with van der Waals surface area (Å²) in [5, 5.41) is 3.18. The molecule has 1 aromatic carbocycles. The Morgan fingerprint density at radius 2 is 2.05 bits per heavy atom. The van der Waals surface area contributed by atoms with Gasteiger partial charge in [0.2, 0.25) is 0 Å². The number of nitrogens with zero attached hydrogens (tertiary/aromatic N) is 3. The summed E-state index contributed by atoms with van der Waals surface area (Å²) in [6.45, 7) is 6.47. The summed E-state index contributed by atoms with van der Waals surface area (Å²) in [7, 11) is 0. The van der Waals surface area contributed by atoms with Crippen LogP contribution in [0, 0.1) is 0 Å². The highest BCUT2D eigenvalue weighted by Crippen LogP contribution is 2.25. The molecule has 2 aromatic rings. The minimum Gasteiger partial charge on any atom is -0.399 e. The monoisotopic (exact) mass is 288 g/mol. The first-order valence-electron chi connectivity index (χ1n) is 6.98. The first kappa shape index (κ1) is 13.4. The van der Waals surface area contributed by atoms with Gasteiger partial charge in [-0.1, -0.05) is 12.1 Å². The number of nitrogens with two attached hydrogens (primary N) is 1. The van der Waals surface area contributed by atoms with Crippen LogP contribution in [0.2, 0.25) is 0 Å². The van der Waals surface area contributed by atoms with Crippen LogP contribution in [0.25, 0.3) is 0 Å². The molecular weight excluding hydrogens is 268 g/mol. The molecule has 0 amide bonds. The maximum absolute atomic E-state index is 5.88. The van der Waals surface area contributed by atoms with Gasteiger partial charge in [0.05, 0.1) is 0 Å². The van der Waals surface area contributed by atoms with Crippen LogP contribution in [0.3, 0.4) is 0 Å². The van der Waals surface area contributed by atoms with E-state index in [2.05, 4.69) is 33.8 Å². The Hall–Kier alpha value is -1.59. The Kier molecular flexibility index (Phi) is 3.89. The van der Waals surface area contributed by atoms with E-state index in [9.17, 15) is 0 Å². The van der Waals surface area contributed by atoms with Gasteiger partial charge in [-0.15, -0.1) is 11.3 Å². The van der Waals surface area contributed by atoms with E-state index in [1.54, 1.807) is 11.3 Å². The molecule has 3 rings (SSSR count). The third kappa shape index (κ3) is 2.78. The van der Waals surface area contributed by atoms with Gasteiger partial charge in [-0.3, -0.25) is 4.90 Å². The molecule has 0 aliphatic carbocycles. The number of thiazole rings is 1. The molecule has 4 nitrogen and oxygen atoms in total. The number of piperazine rings is 1. The molecule has 1 saturated heterocycles. The molecule has 2 heterocycles. The first-order valence-corrected chi connectivity index (χ1v) is 7.86. The summed E-state index contributed by atoms with van der Waals surface area (Å²) in [6, 6.07) is 8.63. The lowest BCUT2D eigenvalue weighted by Gasteiger charge is -2.38. The third-order valence-corrected chi connectivity index (χ3v) is 4.78. The molecule has 0 spiro atoms. The molecule has 1 aliphatic rings. The van der Waals surface area contributed by atoms with Crippen LogP contribution in [0.15, 0.2) is 35.8 Å². The molecule has 20 heavy (non-hydrogen) atoms. The van der Waals surface area contributed by atoms with Gasteiger partial charge in [0.15, 0.2) is 5.13 Å². The summed E-state index contributed by atoms with van der Waals surface area (Å²) < 4.78 is 0. The maximum Gasteiger partial charge on any atom is 0.185 e. The van der Waals surface area contributed by atoms with E-state index in [0.717, 1.165) is 37.0 Å². The van der Waals surface area contributed by atoms with Gasteiger partial charge in [0, 0.05) is 49.5 Å². The van der Waals surface area contributed by atoms with Gasteiger partial charge in [0.1, 0.15) is 0 Å². The van der Waals surface area contributed by atoms with Crippen molar-refractivity contribution in [2.24, 2.45) is 0 Å². The smallest absolute Gasteiger partial charge is 0.185 e. The molecule has 0 radical (unpaired) electrons. The molecule has 2 N–H and O–H groups in total. The van der Waals surface area contributed by atoms with E-state index in [1.165, 1.54) is 5.56 Å². The zero-order valence-corrected chi connectivity index (χ0v) is 12.5. The second kappa shape index (κ2) is 5.81. The van der Waals surface area contributed by atoms with E-state index in [-0.39, 0.29) is 0 Å². The van der Waals surface area contributed by atoms with Crippen LogP contribution < -0.4 is 10.6 Å². The fourth-order valence-corrected chi connectivity index (χ4v) is 3.40. The van der Waals surface area contributed by atoms with Crippen LogP contribution in [-0.4, -0.2) is 36.1 Å². The SMILES string of the molecule is CC(c1cccc(N)c1)N1CCN(c2nccs2)CC1. The molecule has 1 aromatic heterocycles. The van der Waals surface area contributed by atoms with Crippen molar-refractivity contribution >= 4 is 22.2 Å².